The quantitative estimate of drug-likeness (QED) is 0.744. The molecule has 6 heteroatoms. The van der Waals surface area contributed by atoms with Gasteiger partial charge in [0.15, 0.2) is 11.6 Å². The molecule has 2 aromatic heterocycles. The van der Waals surface area contributed by atoms with Crippen molar-refractivity contribution in [3.05, 3.63) is 52.2 Å². The molecule has 0 aliphatic rings. The minimum atomic E-state index is 0.345. The normalized spacial score (nSPS) is 10.7. The molecule has 0 aliphatic heterocycles. The second-order valence-electron chi connectivity index (χ2n) is 4.14. The van der Waals surface area contributed by atoms with Crippen LogP contribution in [0.15, 0.2) is 51.7 Å². The zero-order valence-corrected chi connectivity index (χ0v) is 12.5. The van der Waals surface area contributed by atoms with Crippen LogP contribution >= 0.6 is 27.5 Å². The lowest BCUT2D eigenvalue weighted by Crippen LogP contribution is -1.89. The number of hydrogen-bond acceptors (Lipinski definition) is 4. The monoisotopic (exact) mass is 349 g/mol. The van der Waals surface area contributed by atoms with Crippen LogP contribution in [-0.2, 0) is 0 Å². The van der Waals surface area contributed by atoms with Crippen molar-refractivity contribution in [2.45, 2.75) is 0 Å². The number of nitrogens with two attached hydrogens (primary N) is 1. The first-order valence-corrected chi connectivity index (χ1v) is 6.95. The van der Waals surface area contributed by atoms with Gasteiger partial charge in [0.1, 0.15) is 0 Å². The average Bonchev–Trinajstić information content (AvgIpc) is 2.85. The molecule has 20 heavy (non-hydrogen) atoms. The van der Waals surface area contributed by atoms with Crippen molar-refractivity contribution in [1.29, 1.82) is 0 Å². The van der Waals surface area contributed by atoms with Gasteiger partial charge in [-0.2, -0.15) is 0 Å². The molecule has 100 valence electrons. The molecule has 1 aromatic carbocycles. The number of rotatable bonds is 2. The molecule has 0 amide bonds. The van der Waals surface area contributed by atoms with E-state index in [0.717, 1.165) is 21.2 Å². The summed E-state index contributed by atoms with van der Waals surface area (Å²) in [6, 6.07) is 9.23. The third-order valence-corrected chi connectivity index (χ3v) is 4.08. The molecule has 0 aliphatic carbocycles. The fourth-order valence-corrected chi connectivity index (χ4v) is 2.43. The summed E-state index contributed by atoms with van der Waals surface area (Å²) in [7, 11) is 0. The highest BCUT2D eigenvalue weighted by Crippen LogP contribution is 2.38. The van der Waals surface area contributed by atoms with Crippen LogP contribution in [0.1, 0.15) is 0 Å². The van der Waals surface area contributed by atoms with E-state index in [1.807, 2.05) is 24.3 Å². The van der Waals surface area contributed by atoms with Gasteiger partial charge in [-0.3, -0.25) is 4.98 Å². The Kier molecular flexibility index (Phi) is 3.46. The van der Waals surface area contributed by atoms with Gasteiger partial charge in [0, 0.05) is 22.4 Å². The Hall–Kier alpha value is -1.85. The fraction of sp³-hybridized carbons (Fsp3) is 0. The molecule has 0 atom stereocenters. The van der Waals surface area contributed by atoms with Gasteiger partial charge in [-0.25, -0.2) is 0 Å². The number of nitrogens with zero attached hydrogens (tertiary/aromatic N) is 2. The molecule has 4 nitrogen and oxygen atoms in total. The van der Waals surface area contributed by atoms with Crippen LogP contribution in [0.4, 0.5) is 5.82 Å². The van der Waals surface area contributed by atoms with E-state index in [1.54, 1.807) is 18.5 Å². The summed E-state index contributed by atoms with van der Waals surface area (Å²) < 4.78 is 6.16. The van der Waals surface area contributed by atoms with E-state index < -0.39 is 0 Å². The van der Waals surface area contributed by atoms with Crippen molar-refractivity contribution in [3.63, 3.8) is 0 Å². The molecule has 0 spiro atoms. The zero-order chi connectivity index (χ0) is 14.1. The Labute approximate surface area is 128 Å². The van der Waals surface area contributed by atoms with Gasteiger partial charge < -0.3 is 10.3 Å². The zero-order valence-electron chi connectivity index (χ0n) is 10.2. The third-order valence-electron chi connectivity index (χ3n) is 2.87. The Morgan fingerprint density at radius 2 is 1.85 bits per heavy atom. The number of pyridine rings is 1. The molecule has 0 bridgehead atoms. The van der Waals surface area contributed by atoms with Crippen molar-refractivity contribution in [3.8, 4) is 22.5 Å². The molecule has 2 heterocycles. The van der Waals surface area contributed by atoms with Gasteiger partial charge >= 0.3 is 0 Å². The summed E-state index contributed by atoms with van der Waals surface area (Å²) in [4.78, 5) is 4.00. The highest BCUT2D eigenvalue weighted by Gasteiger charge is 2.18. The number of hydrogen-bond donors (Lipinski definition) is 1. The Bertz CT molecular complexity index is 758. The van der Waals surface area contributed by atoms with E-state index in [1.165, 1.54) is 0 Å². The van der Waals surface area contributed by atoms with Gasteiger partial charge in [-0.1, -0.05) is 16.8 Å². The van der Waals surface area contributed by atoms with Crippen LogP contribution in [0.2, 0.25) is 5.02 Å². The first kappa shape index (κ1) is 13.1. The van der Waals surface area contributed by atoms with Crippen molar-refractivity contribution in [1.82, 2.24) is 10.1 Å². The summed E-state index contributed by atoms with van der Waals surface area (Å²) in [5.41, 5.74) is 8.41. The van der Waals surface area contributed by atoms with Gasteiger partial charge in [-0.05, 0) is 51.8 Å². The molecule has 0 radical (unpaired) electrons. The predicted molar refractivity (Wildman–Crippen MR) is 82.3 cm³/mol. The predicted octanol–water partition coefficient (Wildman–Crippen LogP) is 4.40. The van der Waals surface area contributed by atoms with Crippen LogP contribution in [0, 0.1) is 0 Å². The molecule has 3 aromatic rings. The number of benzene rings is 1. The number of nitrogen functional groups attached to an aromatic ring is 1. The van der Waals surface area contributed by atoms with Gasteiger partial charge in [0.25, 0.3) is 0 Å². The number of anilines is 1. The van der Waals surface area contributed by atoms with Crippen LogP contribution < -0.4 is 5.73 Å². The van der Waals surface area contributed by atoms with Gasteiger partial charge in [-0.15, -0.1) is 0 Å². The SMILES string of the molecule is Nc1noc(-c2ccc(Cl)c(Br)c2)c1-c1ccncc1. The number of halogens is 2. The third kappa shape index (κ3) is 2.30. The van der Waals surface area contributed by atoms with E-state index in [4.69, 9.17) is 21.9 Å². The van der Waals surface area contributed by atoms with Gasteiger partial charge in [0.2, 0.25) is 0 Å². The van der Waals surface area contributed by atoms with Gasteiger partial charge in [0.05, 0.1) is 10.6 Å². The largest absolute Gasteiger partial charge is 0.380 e. The minimum absolute atomic E-state index is 0.345. The maximum atomic E-state index is 6.00. The molecular weight excluding hydrogens is 342 g/mol. The van der Waals surface area contributed by atoms with Crippen molar-refractivity contribution in [2.24, 2.45) is 0 Å². The summed E-state index contributed by atoms with van der Waals surface area (Å²) >= 11 is 9.40. The Morgan fingerprint density at radius 1 is 1.10 bits per heavy atom. The molecule has 2 N–H and O–H groups in total. The van der Waals surface area contributed by atoms with E-state index >= 15 is 0 Å². The lowest BCUT2D eigenvalue weighted by Gasteiger charge is -2.04. The van der Waals surface area contributed by atoms with Crippen molar-refractivity contribution >= 4 is 33.3 Å². The topological polar surface area (TPSA) is 64.9 Å². The maximum Gasteiger partial charge on any atom is 0.176 e. The average molecular weight is 351 g/mol. The summed E-state index contributed by atoms with van der Waals surface area (Å²) in [5, 5.41) is 4.49. The molecule has 0 saturated heterocycles. The van der Waals surface area contributed by atoms with Crippen LogP contribution in [-0.4, -0.2) is 10.1 Å². The second-order valence-corrected chi connectivity index (χ2v) is 5.40. The minimum Gasteiger partial charge on any atom is -0.380 e. The molecular formula is C14H9BrClN3O. The van der Waals surface area contributed by atoms with E-state index in [9.17, 15) is 0 Å². The summed E-state index contributed by atoms with van der Waals surface area (Å²) in [6.07, 6.45) is 3.40. The van der Waals surface area contributed by atoms with Crippen molar-refractivity contribution < 1.29 is 4.52 Å². The standard InChI is InChI=1S/C14H9BrClN3O/c15-10-7-9(1-2-11(10)16)13-12(14(17)19-20-13)8-3-5-18-6-4-8/h1-7H,(H2,17,19). The van der Waals surface area contributed by atoms with Crippen LogP contribution in [0.3, 0.4) is 0 Å². The van der Waals surface area contributed by atoms with Crippen molar-refractivity contribution in [2.75, 3.05) is 5.73 Å². The molecule has 0 unspecified atom stereocenters. The van der Waals surface area contributed by atoms with E-state index in [-0.39, 0.29) is 0 Å². The maximum absolute atomic E-state index is 6.00. The highest BCUT2D eigenvalue weighted by molar-refractivity contribution is 9.10. The lowest BCUT2D eigenvalue weighted by molar-refractivity contribution is 0.436. The fourth-order valence-electron chi connectivity index (χ4n) is 1.93. The first-order chi connectivity index (χ1) is 9.66. The van der Waals surface area contributed by atoms with E-state index in [0.29, 0.717) is 16.6 Å². The lowest BCUT2D eigenvalue weighted by atomic mass is 10.0. The molecule has 3 rings (SSSR count). The highest BCUT2D eigenvalue weighted by atomic mass is 79.9. The number of aromatic nitrogens is 2. The Morgan fingerprint density at radius 3 is 2.55 bits per heavy atom. The van der Waals surface area contributed by atoms with E-state index in [2.05, 4.69) is 26.1 Å². The molecule has 0 fully saturated rings. The van der Waals surface area contributed by atoms with Crippen LogP contribution in [0.25, 0.3) is 22.5 Å². The van der Waals surface area contributed by atoms with Crippen LogP contribution in [0.5, 0.6) is 0 Å². The summed E-state index contributed by atoms with van der Waals surface area (Å²) in [6.45, 7) is 0. The first-order valence-electron chi connectivity index (χ1n) is 5.78. The summed E-state index contributed by atoms with van der Waals surface area (Å²) in [5.74, 6) is 0.948. The Balaban J connectivity index is 2.18. The molecule has 0 saturated carbocycles. The smallest absolute Gasteiger partial charge is 0.176 e. The second kappa shape index (κ2) is 5.26.